The van der Waals surface area contributed by atoms with Gasteiger partial charge in [-0.25, -0.2) is 4.52 Å². The van der Waals surface area contributed by atoms with E-state index < -0.39 is 5.97 Å². The number of carboxylic acids is 1. The lowest BCUT2D eigenvalue weighted by Gasteiger charge is -2.25. The van der Waals surface area contributed by atoms with Gasteiger partial charge >= 0.3 is 5.97 Å². The molecule has 2 rings (SSSR count). The summed E-state index contributed by atoms with van der Waals surface area (Å²) in [5.74, 6) is -1.11. The molecule has 2 heterocycles. The van der Waals surface area contributed by atoms with E-state index in [1.807, 2.05) is 32.0 Å². The number of hydrogen-bond donors (Lipinski definition) is 1. The molecule has 20 heavy (non-hydrogen) atoms. The minimum absolute atomic E-state index is 0.0663. The highest BCUT2D eigenvalue weighted by Gasteiger charge is 2.22. The molecular weight excluding hydrogens is 258 g/mol. The number of nitrogens with zero attached hydrogens (tertiary/aromatic N) is 3. The predicted molar refractivity (Wildman–Crippen MR) is 73.6 cm³/mol. The lowest BCUT2D eigenvalue weighted by atomic mass is 10.2. The Balaban J connectivity index is 2.29. The van der Waals surface area contributed by atoms with Gasteiger partial charge in [0.2, 0.25) is 0 Å². The fourth-order valence-corrected chi connectivity index (χ4v) is 2.06. The summed E-state index contributed by atoms with van der Waals surface area (Å²) in [5.41, 5.74) is 1.21. The maximum absolute atomic E-state index is 12.6. The molecule has 0 spiro atoms. The van der Waals surface area contributed by atoms with Crippen LogP contribution in [-0.4, -0.2) is 44.1 Å². The minimum atomic E-state index is -0.914. The quantitative estimate of drug-likeness (QED) is 0.900. The lowest BCUT2D eigenvalue weighted by molar-refractivity contribution is -0.137. The van der Waals surface area contributed by atoms with Gasteiger partial charge in [-0.3, -0.25) is 9.59 Å². The second-order valence-electron chi connectivity index (χ2n) is 4.82. The van der Waals surface area contributed by atoms with Crippen molar-refractivity contribution in [2.45, 2.75) is 26.3 Å². The fourth-order valence-electron chi connectivity index (χ4n) is 2.06. The Morgan fingerprint density at radius 3 is 2.80 bits per heavy atom. The summed E-state index contributed by atoms with van der Waals surface area (Å²) in [6.07, 6.45) is 3.22. The summed E-state index contributed by atoms with van der Waals surface area (Å²) in [4.78, 5) is 24.8. The van der Waals surface area contributed by atoms with Crippen LogP contribution in [0.25, 0.3) is 5.52 Å². The van der Waals surface area contributed by atoms with Gasteiger partial charge in [-0.1, -0.05) is 6.07 Å². The van der Waals surface area contributed by atoms with Crippen LogP contribution in [0.1, 0.15) is 30.6 Å². The number of aliphatic carboxylic acids is 1. The van der Waals surface area contributed by atoms with Crippen LogP contribution in [0.15, 0.2) is 30.6 Å². The van der Waals surface area contributed by atoms with Gasteiger partial charge in [-0.05, 0) is 26.0 Å². The molecule has 0 atom stereocenters. The lowest BCUT2D eigenvalue weighted by Crippen LogP contribution is -2.38. The fraction of sp³-hybridized carbons (Fsp3) is 0.357. The topological polar surface area (TPSA) is 74.9 Å². The molecule has 2 aromatic rings. The Kier molecular flexibility index (Phi) is 4.02. The van der Waals surface area contributed by atoms with Crippen molar-refractivity contribution in [1.29, 1.82) is 0 Å². The zero-order chi connectivity index (χ0) is 14.7. The zero-order valence-corrected chi connectivity index (χ0v) is 11.5. The van der Waals surface area contributed by atoms with E-state index in [0.717, 1.165) is 5.52 Å². The van der Waals surface area contributed by atoms with Gasteiger partial charge in [0.05, 0.1) is 23.7 Å². The van der Waals surface area contributed by atoms with Gasteiger partial charge in [0.25, 0.3) is 5.91 Å². The molecule has 0 aliphatic rings. The van der Waals surface area contributed by atoms with Crippen LogP contribution in [0.5, 0.6) is 0 Å². The largest absolute Gasteiger partial charge is 0.481 e. The number of hydrogen-bond acceptors (Lipinski definition) is 3. The van der Waals surface area contributed by atoms with Gasteiger partial charge in [0.1, 0.15) is 0 Å². The van der Waals surface area contributed by atoms with Crippen LogP contribution in [0.3, 0.4) is 0 Å². The van der Waals surface area contributed by atoms with E-state index in [-0.39, 0.29) is 24.9 Å². The normalized spacial score (nSPS) is 10.9. The van der Waals surface area contributed by atoms with Crippen LogP contribution < -0.4 is 0 Å². The third-order valence-electron chi connectivity index (χ3n) is 3.11. The van der Waals surface area contributed by atoms with E-state index in [1.54, 1.807) is 15.6 Å². The Morgan fingerprint density at radius 1 is 1.40 bits per heavy atom. The summed E-state index contributed by atoms with van der Waals surface area (Å²) in [7, 11) is 0. The zero-order valence-electron chi connectivity index (χ0n) is 11.5. The highest BCUT2D eigenvalue weighted by atomic mass is 16.4. The number of aromatic nitrogens is 2. The van der Waals surface area contributed by atoms with E-state index in [2.05, 4.69) is 5.10 Å². The molecule has 0 bridgehead atoms. The molecule has 0 saturated carbocycles. The van der Waals surface area contributed by atoms with Crippen molar-refractivity contribution in [1.82, 2.24) is 14.5 Å². The van der Waals surface area contributed by atoms with E-state index >= 15 is 0 Å². The van der Waals surface area contributed by atoms with E-state index in [4.69, 9.17) is 5.11 Å². The van der Waals surface area contributed by atoms with Gasteiger partial charge in [-0.15, -0.1) is 0 Å². The standard InChI is InChI=1S/C14H17N3O3/c1-10(2)16(8-6-13(18)19)14(20)11-9-15-17-7-4-3-5-12(11)17/h3-5,7,9-10H,6,8H2,1-2H3,(H,18,19). The molecule has 0 fully saturated rings. The molecular formula is C14H17N3O3. The van der Waals surface area contributed by atoms with Crippen LogP contribution in [0, 0.1) is 0 Å². The second kappa shape index (κ2) is 5.73. The van der Waals surface area contributed by atoms with Gasteiger partial charge < -0.3 is 10.0 Å². The molecule has 6 heteroatoms. The maximum Gasteiger partial charge on any atom is 0.305 e. The monoisotopic (exact) mass is 275 g/mol. The molecule has 0 radical (unpaired) electrons. The van der Waals surface area contributed by atoms with Gasteiger partial charge in [-0.2, -0.15) is 5.10 Å². The van der Waals surface area contributed by atoms with Crippen molar-refractivity contribution in [3.05, 3.63) is 36.2 Å². The summed E-state index contributed by atoms with van der Waals surface area (Å²) in [6.45, 7) is 3.92. The van der Waals surface area contributed by atoms with E-state index in [9.17, 15) is 9.59 Å². The van der Waals surface area contributed by atoms with E-state index in [1.165, 1.54) is 6.20 Å². The molecule has 2 aromatic heterocycles. The molecule has 0 aliphatic heterocycles. The van der Waals surface area contributed by atoms with Crippen LogP contribution in [0.2, 0.25) is 0 Å². The highest BCUT2D eigenvalue weighted by Crippen LogP contribution is 2.15. The molecule has 0 saturated heterocycles. The molecule has 6 nitrogen and oxygen atoms in total. The third-order valence-corrected chi connectivity index (χ3v) is 3.11. The van der Waals surface area contributed by atoms with Gasteiger partial charge in [0, 0.05) is 18.8 Å². The van der Waals surface area contributed by atoms with Crippen LogP contribution in [0.4, 0.5) is 0 Å². The summed E-state index contributed by atoms with van der Waals surface area (Å²) in [6, 6.07) is 5.42. The Hall–Kier alpha value is -2.37. The molecule has 1 amide bonds. The predicted octanol–water partition coefficient (Wildman–Crippen LogP) is 1.66. The number of fused-ring (bicyclic) bond motifs is 1. The smallest absolute Gasteiger partial charge is 0.305 e. The second-order valence-corrected chi connectivity index (χ2v) is 4.82. The molecule has 0 aliphatic carbocycles. The van der Waals surface area contributed by atoms with Crippen molar-refractivity contribution in [3.8, 4) is 0 Å². The number of carbonyl (C=O) groups excluding carboxylic acids is 1. The first-order valence-electron chi connectivity index (χ1n) is 6.46. The first-order chi connectivity index (χ1) is 9.50. The summed E-state index contributed by atoms with van der Waals surface area (Å²) in [5, 5.41) is 12.9. The Bertz CT molecular complexity index is 633. The highest BCUT2D eigenvalue weighted by molar-refractivity contribution is 6.00. The van der Waals surface area contributed by atoms with Crippen molar-refractivity contribution >= 4 is 17.4 Å². The summed E-state index contributed by atoms with van der Waals surface area (Å²) < 4.78 is 1.63. The van der Waals surface area contributed by atoms with Gasteiger partial charge in [0.15, 0.2) is 0 Å². The Labute approximate surface area is 116 Å². The third kappa shape index (κ3) is 2.79. The molecule has 1 N–H and O–H groups in total. The first kappa shape index (κ1) is 14.0. The minimum Gasteiger partial charge on any atom is -0.481 e. The first-order valence-corrected chi connectivity index (χ1v) is 6.46. The van der Waals surface area contributed by atoms with Crippen molar-refractivity contribution in [2.24, 2.45) is 0 Å². The number of carbonyl (C=O) groups is 2. The SMILES string of the molecule is CC(C)N(CCC(=O)O)C(=O)c1cnn2ccccc12. The number of rotatable bonds is 5. The number of amides is 1. The van der Waals surface area contributed by atoms with Crippen molar-refractivity contribution in [3.63, 3.8) is 0 Å². The van der Waals surface area contributed by atoms with Crippen molar-refractivity contribution < 1.29 is 14.7 Å². The van der Waals surface area contributed by atoms with Crippen molar-refractivity contribution in [2.75, 3.05) is 6.54 Å². The number of pyridine rings is 1. The summed E-state index contributed by atoms with van der Waals surface area (Å²) >= 11 is 0. The molecule has 0 unspecified atom stereocenters. The number of carboxylic acid groups (broad SMARTS) is 1. The van der Waals surface area contributed by atoms with Crippen LogP contribution in [-0.2, 0) is 4.79 Å². The maximum atomic E-state index is 12.6. The average Bonchev–Trinajstić information content (AvgIpc) is 2.81. The van der Waals surface area contributed by atoms with E-state index in [0.29, 0.717) is 5.56 Å². The van der Waals surface area contributed by atoms with Crippen LogP contribution >= 0.6 is 0 Å². The Morgan fingerprint density at radius 2 is 2.15 bits per heavy atom. The molecule has 106 valence electrons. The molecule has 0 aromatic carbocycles. The average molecular weight is 275 g/mol.